The molecule has 0 saturated carbocycles. The van der Waals surface area contributed by atoms with Gasteiger partial charge in [0.1, 0.15) is 35.0 Å². The van der Waals surface area contributed by atoms with Crippen LogP contribution in [0.4, 0.5) is 10.2 Å². The number of anilines is 1. The van der Waals surface area contributed by atoms with E-state index in [1.54, 1.807) is 18.2 Å². The van der Waals surface area contributed by atoms with Crippen molar-refractivity contribution >= 4 is 40.0 Å². The van der Waals surface area contributed by atoms with Gasteiger partial charge in [-0.3, -0.25) is 0 Å². The molecule has 0 spiro atoms. The van der Waals surface area contributed by atoms with Gasteiger partial charge in [-0.25, -0.2) is 9.07 Å². The molecule has 2 aromatic heterocycles. The van der Waals surface area contributed by atoms with Gasteiger partial charge in [-0.1, -0.05) is 54.1 Å². The third-order valence-electron chi connectivity index (χ3n) is 5.92. The maximum absolute atomic E-state index is 14.5. The minimum Gasteiger partial charge on any atom is -0.382 e. The molecule has 0 aliphatic heterocycles. The Bertz CT molecular complexity index is 1700. The van der Waals surface area contributed by atoms with E-state index in [1.165, 1.54) is 10.7 Å². The Kier molecular flexibility index (Phi) is 6.00. The van der Waals surface area contributed by atoms with Gasteiger partial charge < -0.3 is 10.3 Å². The fourth-order valence-corrected chi connectivity index (χ4v) is 4.40. The summed E-state index contributed by atoms with van der Waals surface area (Å²) >= 11 is 6.26. The van der Waals surface area contributed by atoms with Crippen LogP contribution in [0, 0.1) is 28.5 Å². The number of nitrogen functional groups attached to an aromatic ring is 1. The van der Waals surface area contributed by atoms with Crippen molar-refractivity contribution in [1.29, 1.82) is 10.5 Å². The molecule has 0 radical (unpaired) electrons. The predicted octanol–water partition coefficient (Wildman–Crippen LogP) is 6.19. The van der Waals surface area contributed by atoms with Crippen molar-refractivity contribution in [3.05, 3.63) is 112 Å². The zero-order chi connectivity index (χ0) is 25.2. The van der Waals surface area contributed by atoms with Crippen molar-refractivity contribution in [2.24, 2.45) is 0 Å². The van der Waals surface area contributed by atoms with E-state index in [0.717, 1.165) is 10.9 Å². The highest BCUT2D eigenvalue weighted by molar-refractivity contribution is 6.31. The van der Waals surface area contributed by atoms with Crippen molar-refractivity contribution < 1.29 is 4.39 Å². The summed E-state index contributed by atoms with van der Waals surface area (Å²) in [5.74, 6) is -0.243. The highest BCUT2D eigenvalue weighted by Crippen LogP contribution is 2.31. The van der Waals surface area contributed by atoms with Crippen LogP contribution in [-0.2, 0) is 6.54 Å². The fraction of sp³-hybridized carbons (Fsp3) is 0.0357. The summed E-state index contributed by atoms with van der Waals surface area (Å²) in [5.41, 5.74) is 9.32. The second-order valence-corrected chi connectivity index (χ2v) is 8.47. The molecule has 2 N–H and O–H groups in total. The number of halogens is 2. The Morgan fingerprint density at radius 2 is 1.78 bits per heavy atom. The van der Waals surface area contributed by atoms with Crippen molar-refractivity contribution in [3.63, 3.8) is 0 Å². The molecule has 5 aromatic rings. The van der Waals surface area contributed by atoms with E-state index in [-0.39, 0.29) is 29.2 Å². The average molecular weight is 493 g/mol. The summed E-state index contributed by atoms with van der Waals surface area (Å²) in [6, 6.07) is 25.6. The minimum absolute atomic E-state index is 0.119. The SMILES string of the molecule is N#C/C(=C\c1cn(Cc2c(F)cccc2Cl)c2ccccc12)c1nn(-c2ccccc2)c(N)c1C#N. The third kappa shape index (κ3) is 3.98. The second-order valence-electron chi connectivity index (χ2n) is 8.07. The minimum atomic E-state index is -0.393. The molecule has 0 bridgehead atoms. The topological polar surface area (TPSA) is 96.3 Å². The standard InChI is InChI=1S/C28H18ClFN6/c29-24-10-6-11-25(30)23(24)17-35-16-19(21-9-4-5-12-26(21)35)13-18(14-31)27-22(15-32)28(33)36(34-27)20-7-2-1-3-8-20/h1-13,16H,17,33H2/b18-13+. The maximum Gasteiger partial charge on any atom is 0.145 e. The summed E-state index contributed by atoms with van der Waals surface area (Å²) < 4.78 is 17.8. The molecular formula is C28H18ClFN6. The Hall–Kier alpha value is -4.85. The third-order valence-corrected chi connectivity index (χ3v) is 6.27. The average Bonchev–Trinajstić information content (AvgIpc) is 3.42. The number of hydrogen-bond acceptors (Lipinski definition) is 4. The molecule has 3 aromatic carbocycles. The lowest BCUT2D eigenvalue weighted by molar-refractivity contribution is 0.602. The van der Waals surface area contributed by atoms with Crippen LogP contribution in [0.5, 0.6) is 0 Å². The lowest BCUT2D eigenvalue weighted by atomic mass is 10.1. The van der Waals surface area contributed by atoms with Crippen LogP contribution in [0.3, 0.4) is 0 Å². The fourth-order valence-electron chi connectivity index (χ4n) is 4.18. The molecule has 2 heterocycles. The van der Waals surface area contributed by atoms with Crippen LogP contribution < -0.4 is 5.73 Å². The Labute approximate surface area is 211 Å². The number of nitrogens with two attached hydrogens (primary N) is 1. The van der Waals surface area contributed by atoms with Crippen molar-refractivity contribution in [2.75, 3.05) is 5.73 Å². The van der Waals surface area contributed by atoms with Crippen molar-refractivity contribution in [3.8, 4) is 17.8 Å². The summed E-state index contributed by atoms with van der Waals surface area (Å²) in [5, 5.41) is 25.5. The molecule has 174 valence electrons. The first-order chi connectivity index (χ1) is 17.5. The highest BCUT2D eigenvalue weighted by atomic mass is 35.5. The molecule has 5 rings (SSSR count). The Morgan fingerprint density at radius 1 is 1.03 bits per heavy atom. The first kappa shape index (κ1) is 22.9. The first-order valence-corrected chi connectivity index (χ1v) is 11.4. The molecule has 0 atom stereocenters. The summed E-state index contributed by atoms with van der Waals surface area (Å²) in [4.78, 5) is 0. The van der Waals surface area contributed by atoms with Gasteiger partial charge in [-0.05, 0) is 36.4 Å². The van der Waals surface area contributed by atoms with Crippen molar-refractivity contribution in [2.45, 2.75) is 6.54 Å². The van der Waals surface area contributed by atoms with Gasteiger partial charge in [0.25, 0.3) is 0 Å². The number of allylic oxidation sites excluding steroid dienone is 1. The van der Waals surface area contributed by atoms with Gasteiger partial charge in [0.05, 0.1) is 17.8 Å². The van der Waals surface area contributed by atoms with E-state index < -0.39 is 5.82 Å². The monoisotopic (exact) mass is 492 g/mol. The lowest BCUT2D eigenvalue weighted by Gasteiger charge is -2.08. The molecule has 0 fully saturated rings. The molecule has 36 heavy (non-hydrogen) atoms. The van der Waals surface area contributed by atoms with Gasteiger partial charge in [0, 0.05) is 33.2 Å². The number of benzene rings is 3. The van der Waals surface area contributed by atoms with E-state index in [2.05, 4.69) is 17.2 Å². The highest BCUT2D eigenvalue weighted by Gasteiger charge is 2.21. The lowest BCUT2D eigenvalue weighted by Crippen LogP contribution is -2.02. The van der Waals surface area contributed by atoms with Crippen LogP contribution >= 0.6 is 11.6 Å². The van der Waals surface area contributed by atoms with E-state index in [0.29, 0.717) is 21.8 Å². The quantitative estimate of drug-likeness (QED) is 0.296. The number of fused-ring (bicyclic) bond motifs is 1. The smallest absolute Gasteiger partial charge is 0.145 e. The zero-order valence-corrected chi connectivity index (χ0v) is 19.6. The van der Waals surface area contributed by atoms with E-state index in [4.69, 9.17) is 17.3 Å². The number of rotatable bonds is 5. The van der Waals surface area contributed by atoms with E-state index in [1.807, 2.05) is 65.4 Å². The maximum atomic E-state index is 14.5. The van der Waals surface area contributed by atoms with Gasteiger partial charge in [0.2, 0.25) is 0 Å². The number of aromatic nitrogens is 3. The summed E-state index contributed by atoms with van der Waals surface area (Å²) in [6.07, 6.45) is 3.49. The van der Waals surface area contributed by atoms with Gasteiger partial charge in [0.15, 0.2) is 0 Å². The first-order valence-electron chi connectivity index (χ1n) is 11.0. The van der Waals surface area contributed by atoms with E-state index in [9.17, 15) is 14.9 Å². The van der Waals surface area contributed by atoms with Crippen LogP contribution in [0.1, 0.15) is 22.4 Å². The van der Waals surface area contributed by atoms with Crippen LogP contribution in [0.25, 0.3) is 28.2 Å². The summed E-state index contributed by atoms with van der Waals surface area (Å²) in [7, 11) is 0. The number of nitrogens with zero attached hydrogens (tertiary/aromatic N) is 5. The Balaban J connectivity index is 1.64. The summed E-state index contributed by atoms with van der Waals surface area (Å²) in [6.45, 7) is 0.209. The van der Waals surface area contributed by atoms with Gasteiger partial charge >= 0.3 is 0 Å². The molecular weight excluding hydrogens is 475 g/mol. The second kappa shape index (κ2) is 9.42. The van der Waals surface area contributed by atoms with Crippen LogP contribution in [0.15, 0.2) is 79.0 Å². The zero-order valence-electron chi connectivity index (χ0n) is 18.9. The number of para-hydroxylation sites is 2. The normalized spacial score (nSPS) is 11.4. The van der Waals surface area contributed by atoms with Gasteiger partial charge in [-0.2, -0.15) is 15.6 Å². The molecule has 6 nitrogen and oxygen atoms in total. The predicted molar refractivity (Wildman–Crippen MR) is 139 cm³/mol. The van der Waals surface area contributed by atoms with Gasteiger partial charge in [-0.15, -0.1) is 0 Å². The van der Waals surface area contributed by atoms with Crippen LogP contribution in [-0.4, -0.2) is 14.3 Å². The molecule has 0 saturated heterocycles. The molecule has 0 amide bonds. The Morgan fingerprint density at radius 3 is 2.50 bits per heavy atom. The molecule has 0 aliphatic carbocycles. The molecule has 8 heteroatoms. The van der Waals surface area contributed by atoms with E-state index >= 15 is 0 Å². The number of nitriles is 2. The molecule has 0 unspecified atom stereocenters. The largest absolute Gasteiger partial charge is 0.382 e. The molecule has 0 aliphatic rings. The number of hydrogen-bond donors (Lipinski definition) is 1. The van der Waals surface area contributed by atoms with Crippen LogP contribution in [0.2, 0.25) is 5.02 Å². The van der Waals surface area contributed by atoms with Crippen molar-refractivity contribution in [1.82, 2.24) is 14.3 Å².